The van der Waals surface area contributed by atoms with Gasteiger partial charge in [-0.3, -0.25) is 4.79 Å². The van der Waals surface area contributed by atoms with E-state index in [1.54, 1.807) is 6.20 Å². The van der Waals surface area contributed by atoms with Crippen LogP contribution in [-0.4, -0.2) is 15.8 Å². The molecular weight excluding hydrogens is 188 g/mol. The minimum Gasteiger partial charge on any atom is -0.294 e. The monoisotopic (exact) mass is 202 g/mol. The number of ketones is 1. The highest BCUT2D eigenvalue weighted by Gasteiger charge is 2.25. The van der Waals surface area contributed by atoms with Crippen molar-refractivity contribution in [2.45, 2.75) is 44.4 Å². The maximum absolute atomic E-state index is 11.6. The van der Waals surface area contributed by atoms with Gasteiger partial charge in [0.15, 0.2) is 5.78 Å². The molecule has 1 fully saturated rings. The molecule has 1 aromatic heterocycles. The van der Waals surface area contributed by atoms with Crippen LogP contribution in [0.4, 0.5) is 0 Å². The van der Waals surface area contributed by atoms with Crippen molar-refractivity contribution in [3.63, 3.8) is 0 Å². The van der Waals surface area contributed by atoms with Crippen molar-refractivity contribution in [2.75, 3.05) is 0 Å². The summed E-state index contributed by atoms with van der Waals surface area (Å²) >= 11 is 0. The fourth-order valence-electron chi connectivity index (χ4n) is 2.27. The Bertz CT molecular complexity index is 410. The van der Waals surface area contributed by atoms with Crippen LogP contribution in [0.5, 0.6) is 0 Å². The molecule has 0 unspecified atom stereocenters. The largest absolute Gasteiger partial charge is 0.294 e. The molecule has 0 aromatic carbocycles. The Morgan fingerprint density at radius 2 is 2.07 bits per heavy atom. The van der Waals surface area contributed by atoms with E-state index in [1.165, 1.54) is 19.3 Å². The SMILES string of the molecule is O=C1CCCc2nc(C3CCC3)ncc21. The molecule has 2 aliphatic carbocycles. The molecule has 3 rings (SSSR count). The van der Waals surface area contributed by atoms with Crippen LogP contribution in [0, 0.1) is 0 Å². The normalized spacial score (nSPS) is 20.9. The molecule has 0 spiro atoms. The van der Waals surface area contributed by atoms with Crippen molar-refractivity contribution in [3.05, 3.63) is 23.3 Å². The molecule has 1 aromatic rings. The molecule has 0 saturated heterocycles. The fourth-order valence-corrected chi connectivity index (χ4v) is 2.27. The average Bonchev–Trinajstić information content (AvgIpc) is 2.15. The molecule has 78 valence electrons. The van der Waals surface area contributed by atoms with Gasteiger partial charge in [0, 0.05) is 18.5 Å². The van der Waals surface area contributed by atoms with Gasteiger partial charge >= 0.3 is 0 Å². The van der Waals surface area contributed by atoms with E-state index in [2.05, 4.69) is 9.97 Å². The van der Waals surface area contributed by atoms with E-state index in [9.17, 15) is 4.79 Å². The van der Waals surface area contributed by atoms with Gasteiger partial charge in [-0.15, -0.1) is 0 Å². The Kier molecular flexibility index (Phi) is 2.04. The number of fused-ring (bicyclic) bond motifs is 1. The lowest BCUT2D eigenvalue weighted by Gasteiger charge is -2.25. The summed E-state index contributed by atoms with van der Waals surface area (Å²) in [7, 11) is 0. The van der Waals surface area contributed by atoms with E-state index in [1.807, 2.05) is 0 Å². The molecule has 0 N–H and O–H groups in total. The van der Waals surface area contributed by atoms with Crippen molar-refractivity contribution in [1.29, 1.82) is 0 Å². The quantitative estimate of drug-likeness (QED) is 0.701. The van der Waals surface area contributed by atoms with E-state index in [0.717, 1.165) is 29.9 Å². The van der Waals surface area contributed by atoms with Crippen LogP contribution in [0.1, 0.15) is 59.9 Å². The molecule has 0 amide bonds. The van der Waals surface area contributed by atoms with Gasteiger partial charge in [-0.1, -0.05) is 6.42 Å². The molecular formula is C12H14N2O. The van der Waals surface area contributed by atoms with Crippen LogP contribution >= 0.6 is 0 Å². The van der Waals surface area contributed by atoms with Crippen LogP contribution in [0.3, 0.4) is 0 Å². The number of carbonyl (C=O) groups is 1. The number of Topliss-reactive ketones (excluding diaryl/α,β-unsaturated/α-hetero) is 1. The average molecular weight is 202 g/mol. The first-order valence-electron chi connectivity index (χ1n) is 5.73. The molecule has 0 aliphatic heterocycles. The summed E-state index contributed by atoms with van der Waals surface area (Å²) < 4.78 is 0. The van der Waals surface area contributed by atoms with Crippen LogP contribution in [0.25, 0.3) is 0 Å². The number of hydrogen-bond acceptors (Lipinski definition) is 3. The highest BCUT2D eigenvalue weighted by Crippen LogP contribution is 2.34. The minimum absolute atomic E-state index is 0.219. The standard InChI is InChI=1S/C12H14N2O/c15-11-6-2-5-10-9(11)7-13-12(14-10)8-3-1-4-8/h7-8H,1-6H2. The summed E-state index contributed by atoms with van der Waals surface area (Å²) in [6.45, 7) is 0. The molecule has 0 bridgehead atoms. The molecule has 1 saturated carbocycles. The van der Waals surface area contributed by atoms with Gasteiger partial charge in [0.05, 0.1) is 11.3 Å². The second kappa shape index (κ2) is 3.40. The van der Waals surface area contributed by atoms with E-state index in [0.29, 0.717) is 12.3 Å². The number of hydrogen-bond donors (Lipinski definition) is 0. The summed E-state index contributed by atoms with van der Waals surface area (Å²) in [5, 5.41) is 0. The highest BCUT2D eigenvalue weighted by molar-refractivity contribution is 5.97. The van der Waals surface area contributed by atoms with E-state index < -0.39 is 0 Å². The molecule has 0 atom stereocenters. The second-order valence-electron chi connectivity index (χ2n) is 4.49. The third-order valence-corrected chi connectivity index (χ3v) is 3.47. The predicted molar refractivity (Wildman–Crippen MR) is 55.9 cm³/mol. The molecule has 15 heavy (non-hydrogen) atoms. The van der Waals surface area contributed by atoms with Gasteiger partial charge in [0.2, 0.25) is 0 Å². The molecule has 2 aliphatic rings. The molecule has 1 heterocycles. The van der Waals surface area contributed by atoms with Crippen molar-refractivity contribution < 1.29 is 4.79 Å². The predicted octanol–water partition coefficient (Wildman–Crippen LogP) is 2.26. The van der Waals surface area contributed by atoms with Crippen LogP contribution in [0.15, 0.2) is 6.20 Å². The van der Waals surface area contributed by atoms with Crippen molar-refractivity contribution in [3.8, 4) is 0 Å². The molecule has 3 heteroatoms. The Morgan fingerprint density at radius 3 is 2.80 bits per heavy atom. The van der Waals surface area contributed by atoms with Crippen LogP contribution in [0.2, 0.25) is 0 Å². The van der Waals surface area contributed by atoms with E-state index in [4.69, 9.17) is 0 Å². The lowest BCUT2D eigenvalue weighted by atomic mass is 9.84. The first-order valence-corrected chi connectivity index (χ1v) is 5.73. The molecule has 0 radical (unpaired) electrons. The summed E-state index contributed by atoms with van der Waals surface area (Å²) in [6, 6.07) is 0. The first-order chi connectivity index (χ1) is 7.34. The summed E-state index contributed by atoms with van der Waals surface area (Å²) in [5.41, 5.74) is 1.76. The van der Waals surface area contributed by atoms with E-state index in [-0.39, 0.29) is 5.78 Å². The number of aromatic nitrogens is 2. The van der Waals surface area contributed by atoms with Crippen LogP contribution < -0.4 is 0 Å². The highest BCUT2D eigenvalue weighted by atomic mass is 16.1. The number of rotatable bonds is 1. The summed E-state index contributed by atoms with van der Waals surface area (Å²) in [4.78, 5) is 20.5. The van der Waals surface area contributed by atoms with Crippen molar-refractivity contribution in [2.24, 2.45) is 0 Å². The Hall–Kier alpha value is -1.25. The Balaban J connectivity index is 1.97. The van der Waals surface area contributed by atoms with Gasteiger partial charge in [-0.25, -0.2) is 9.97 Å². The zero-order valence-corrected chi connectivity index (χ0v) is 8.70. The maximum Gasteiger partial charge on any atom is 0.166 e. The van der Waals surface area contributed by atoms with Crippen LogP contribution in [-0.2, 0) is 6.42 Å². The summed E-state index contributed by atoms with van der Waals surface area (Å²) in [5.74, 6) is 1.75. The zero-order chi connectivity index (χ0) is 10.3. The molecule has 3 nitrogen and oxygen atoms in total. The number of nitrogens with zero attached hydrogens (tertiary/aromatic N) is 2. The Labute approximate surface area is 88.9 Å². The third-order valence-electron chi connectivity index (χ3n) is 3.47. The maximum atomic E-state index is 11.6. The topological polar surface area (TPSA) is 42.9 Å². The van der Waals surface area contributed by atoms with E-state index >= 15 is 0 Å². The van der Waals surface area contributed by atoms with Crippen molar-refractivity contribution in [1.82, 2.24) is 9.97 Å². The van der Waals surface area contributed by atoms with Gasteiger partial charge < -0.3 is 0 Å². The lowest BCUT2D eigenvalue weighted by molar-refractivity contribution is 0.0971. The zero-order valence-electron chi connectivity index (χ0n) is 8.70. The number of aryl methyl sites for hydroxylation is 1. The van der Waals surface area contributed by atoms with Gasteiger partial charge in [-0.2, -0.15) is 0 Å². The minimum atomic E-state index is 0.219. The Morgan fingerprint density at radius 1 is 1.20 bits per heavy atom. The first kappa shape index (κ1) is 9.01. The van der Waals surface area contributed by atoms with Gasteiger partial charge in [0.25, 0.3) is 0 Å². The van der Waals surface area contributed by atoms with Gasteiger partial charge in [-0.05, 0) is 25.7 Å². The van der Waals surface area contributed by atoms with Crippen molar-refractivity contribution >= 4 is 5.78 Å². The second-order valence-corrected chi connectivity index (χ2v) is 4.49. The van der Waals surface area contributed by atoms with Gasteiger partial charge in [0.1, 0.15) is 5.82 Å². The smallest absolute Gasteiger partial charge is 0.166 e. The summed E-state index contributed by atoms with van der Waals surface area (Å²) in [6.07, 6.45) is 8.04. The number of carbonyl (C=O) groups excluding carboxylic acids is 1. The third kappa shape index (κ3) is 1.46. The fraction of sp³-hybridized carbons (Fsp3) is 0.583. The lowest BCUT2D eigenvalue weighted by Crippen LogP contribution is -2.18.